The van der Waals surface area contributed by atoms with E-state index in [0.717, 1.165) is 31.7 Å². The van der Waals surface area contributed by atoms with Gasteiger partial charge in [0, 0.05) is 26.1 Å². The third-order valence-electron chi connectivity index (χ3n) is 3.12. The summed E-state index contributed by atoms with van der Waals surface area (Å²) >= 11 is 0. The molecule has 3 N–H and O–H groups in total. The van der Waals surface area contributed by atoms with Gasteiger partial charge >= 0.3 is 0 Å². The Hall–Kier alpha value is -1.78. The molecule has 5 heteroatoms. The van der Waals surface area contributed by atoms with Gasteiger partial charge in [0.1, 0.15) is 11.6 Å². The van der Waals surface area contributed by atoms with Crippen LogP contribution in [0.5, 0.6) is 0 Å². The molecule has 0 radical (unpaired) electrons. The van der Waals surface area contributed by atoms with Crippen molar-refractivity contribution in [2.24, 2.45) is 0 Å². The van der Waals surface area contributed by atoms with Gasteiger partial charge in [-0.25, -0.2) is 4.98 Å². The average molecular weight is 248 g/mol. The van der Waals surface area contributed by atoms with Crippen molar-refractivity contribution in [1.29, 1.82) is 0 Å². The van der Waals surface area contributed by atoms with Gasteiger partial charge in [-0.05, 0) is 31.4 Å². The van der Waals surface area contributed by atoms with Gasteiger partial charge in [0.05, 0.1) is 0 Å². The summed E-state index contributed by atoms with van der Waals surface area (Å²) in [5.74, 6) is 1.44. The maximum absolute atomic E-state index is 11.9. The first-order valence-electron chi connectivity index (χ1n) is 6.50. The number of nitrogens with two attached hydrogens (primary N) is 1. The van der Waals surface area contributed by atoms with Crippen LogP contribution in [0.4, 0.5) is 11.6 Å². The van der Waals surface area contributed by atoms with Crippen molar-refractivity contribution in [2.75, 3.05) is 30.7 Å². The molecule has 2 rings (SSSR count). The van der Waals surface area contributed by atoms with E-state index in [4.69, 9.17) is 5.73 Å². The van der Waals surface area contributed by atoms with Crippen LogP contribution in [0.15, 0.2) is 18.2 Å². The smallest absolute Gasteiger partial charge is 0.224 e. The van der Waals surface area contributed by atoms with E-state index >= 15 is 0 Å². The Labute approximate surface area is 107 Å². The highest BCUT2D eigenvalue weighted by molar-refractivity contribution is 5.76. The first kappa shape index (κ1) is 12.7. The maximum Gasteiger partial charge on any atom is 0.224 e. The normalized spacial score (nSPS) is 15.4. The predicted octanol–water partition coefficient (Wildman–Crippen LogP) is 1.48. The highest BCUT2D eigenvalue weighted by Crippen LogP contribution is 2.10. The third-order valence-corrected chi connectivity index (χ3v) is 3.12. The fourth-order valence-corrected chi connectivity index (χ4v) is 2.15. The SMILES string of the molecule is Nc1cccc(NCCC(=O)N2CCCCC2)n1. The number of carbonyl (C=O) groups excluding carboxylic acids is 1. The number of nitrogens with zero attached hydrogens (tertiary/aromatic N) is 2. The van der Waals surface area contributed by atoms with E-state index < -0.39 is 0 Å². The summed E-state index contributed by atoms with van der Waals surface area (Å²) in [6.45, 7) is 2.43. The van der Waals surface area contributed by atoms with Crippen molar-refractivity contribution in [3.63, 3.8) is 0 Å². The van der Waals surface area contributed by atoms with Crippen molar-refractivity contribution < 1.29 is 4.79 Å². The van der Waals surface area contributed by atoms with Crippen LogP contribution in [-0.4, -0.2) is 35.4 Å². The van der Waals surface area contributed by atoms with Gasteiger partial charge in [0.15, 0.2) is 0 Å². The first-order valence-corrected chi connectivity index (χ1v) is 6.50. The molecule has 5 nitrogen and oxygen atoms in total. The number of amides is 1. The molecule has 2 heterocycles. The van der Waals surface area contributed by atoms with Gasteiger partial charge in [0.25, 0.3) is 0 Å². The summed E-state index contributed by atoms with van der Waals surface area (Å²) < 4.78 is 0. The van der Waals surface area contributed by atoms with Crippen molar-refractivity contribution in [3.8, 4) is 0 Å². The van der Waals surface area contributed by atoms with E-state index in [9.17, 15) is 4.79 Å². The standard InChI is InChI=1S/C13H20N4O/c14-11-5-4-6-12(16-11)15-8-7-13(18)17-9-2-1-3-10-17/h4-6H,1-3,7-10H2,(H3,14,15,16). The van der Waals surface area contributed by atoms with Crippen LogP contribution in [0.25, 0.3) is 0 Å². The average Bonchev–Trinajstić information content (AvgIpc) is 2.40. The summed E-state index contributed by atoms with van der Waals surface area (Å²) in [6.07, 6.45) is 4.03. The van der Waals surface area contributed by atoms with E-state index in [1.54, 1.807) is 6.07 Å². The number of hydrogen-bond donors (Lipinski definition) is 2. The van der Waals surface area contributed by atoms with Gasteiger partial charge in [0.2, 0.25) is 5.91 Å². The van der Waals surface area contributed by atoms with Crippen molar-refractivity contribution in [1.82, 2.24) is 9.88 Å². The molecule has 0 unspecified atom stereocenters. The molecule has 1 fully saturated rings. The maximum atomic E-state index is 11.9. The summed E-state index contributed by atoms with van der Waals surface area (Å²) in [6, 6.07) is 5.43. The zero-order valence-corrected chi connectivity index (χ0v) is 10.6. The van der Waals surface area contributed by atoms with E-state index in [2.05, 4.69) is 10.3 Å². The molecule has 1 aliphatic heterocycles. The monoisotopic (exact) mass is 248 g/mol. The molecule has 1 aromatic heterocycles. The highest BCUT2D eigenvalue weighted by atomic mass is 16.2. The van der Waals surface area contributed by atoms with Crippen LogP contribution in [0, 0.1) is 0 Å². The minimum absolute atomic E-state index is 0.228. The second kappa shape index (κ2) is 6.23. The van der Waals surface area contributed by atoms with E-state index in [0.29, 0.717) is 18.8 Å². The van der Waals surface area contributed by atoms with E-state index in [-0.39, 0.29) is 5.91 Å². The number of anilines is 2. The fourth-order valence-electron chi connectivity index (χ4n) is 2.15. The van der Waals surface area contributed by atoms with Crippen LogP contribution in [-0.2, 0) is 4.79 Å². The number of nitrogens with one attached hydrogen (secondary N) is 1. The molecule has 98 valence electrons. The molecule has 0 aromatic carbocycles. The minimum Gasteiger partial charge on any atom is -0.384 e. The molecule has 0 saturated carbocycles. The number of hydrogen-bond acceptors (Lipinski definition) is 4. The predicted molar refractivity (Wildman–Crippen MR) is 72.2 cm³/mol. The molecule has 18 heavy (non-hydrogen) atoms. The lowest BCUT2D eigenvalue weighted by Gasteiger charge is -2.26. The van der Waals surface area contributed by atoms with Crippen LogP contribution >= 0.6 is 0 Å². The summed E-state index contributed by atoms with van der Waals surface area (Å²) in [7, 11) is 0. The van der Waals surface area contributed by atoms with Crippen molar-refractivity contribution in [3.05, 3.63) is 18.2 Å². The highest BCUT2D eigenvalue weighted by Gasteiger charge is 2.15. The quantitative estimate of drug-likeness (QED) is 0.846. The van der Waals surface area contributed by atoms with E-state index in [1.807, 2.05) is 17.0 Å². The zero-order chi connectivity index (χ0) is 12.8. The van der Waals surface area contributed by atoms with Crippen LogP contribution < -0.4 is 11.1 Å². The number of pyridine rings is 1. The Morgan fingerprint density at radius 3 is 2.83 bits per heavy atom. The molecule has 0 spiro atoms. The summed E-state index contributed by atoms with van der Waals surface area (Å²) in [4.78, 5) is 18.0. The fraction of sp³-hybridized carbons (Fsp3) is 0.538. The Morgan fingerprint density at radius 1 is 1.33 bits per heavy atom. The topological polar surface area (TPSA) is 71.2 Å². The van der Waals surface area contributed by atoms with Gasteiger partial charge in [-0.1, -0.05) is 6.07 Å². The zero-order valence-electron chi connectivity index (χ0n) is 10.6. The lowest BCUT2D eigenvalue weighted by atomic mass is 10.1. The van der Waals surface area contributed by atoms with Gasteiger partial charge in [-0.15, -0.1) is 0 Å². The molecular weight excluding hydrogens is 228 g/mol. The summed E-state index contributed by atoms with van der Waals surface area (Å²) in [5.41, 5.74) is 5.58. The Kier molecular flexibility index (Phi) is 4.39. The molecule has 1 amide bonds. The molecule has 0 bridgehead atoms. The van der Waals surface area contributed by atoms with Gasteiger partial charge < -0.3 is 16.0 Å². The van der Waals surface area contributed by atoms with Crippen LogP contribution in [0.1, 0.15) is 25.7 Å². The molecule has 1 saturated heterocycles. The molecule has 1 aliphatic rings. The lowest BCUT2D eigenvalue weighted by molar-refractivity contribution is -0.131. The number of piperidine rings is 1. The van der Waals surface area contributed by atoms with Crippen LogP contribution in [0.3, 0.4) is 0 Å². The molecule has 0 aliphatic carbocycles. The van der Waals surface area contributed by atoms with Crippen LogP contribution in [0.2, 0.25) is 0 Å². The van der Waals surface area contributed by atoms with E-state index in [1.165, 1.54) is 6.42 Å². The first-order chi connectivity index (χ1) is 8.75. The van der Waals surface area contributed by atoms with Gasteiger partial charge in [-0.3, -0.25) is 4.79 Å². The number of aromatic nitrogens is 1. The molecular formula is C13H20N4O. The Bertz CT molecular complexity index is 402. The largest absolute Gasteiger partial charge is 0.384 e. The third kappa shape index (κ3) is 3.61. The molecule has 0 atom stereocenters. The Morgan fingerprint density at radius 2 is 2.11 bits per heavy atom. The number of carbonyl (C=O) groups is 1. The summed E-state index contributed by atoms with van der Waals surface area (Å²) in [5, 5.41) is 3.12. The lowest BCUT2D eigenvalue weighted by Crippen LogP contribution is -2.36. The second-order valence-corrected chi connectivity index (χ2v) is 4.57. The second-order valence-electron chi connectivity index (χ2n) is 4.57. The molecule has 1 aromatic rings. The Balaban J connectivity index is 1.73. The van der Waals surface area contributed by atoms with Crippen molar-refractivity contribution >= 4 is 17.5 Å². The minimum atomic E-state index is 0.228. The number of rotatable bonds is 4. The van der Waals surface area contributed by atoms with Crippen molar-refractivity contribution in [2.45, 2.75) is 25.7 Å². The number of nitrogen functional groups attached to an aromatic ring is 1. The number of likely N-dealkylation sites (tertiary alicyclic amines) is 1. The van der Waals surface area contributed by atoms with Gasteiger partial charge in [-0.2, -0.15) is 0 Å².